The Morgan fingerprint density at radius 2 is 1.39 bits per heavy atom. The maximum atomic E-state index is 12.3. The van der Waals surface area contributed by atoms with Gasteiger partial charge in [0.2, 0.25) is 0 Å². The van der Waals surface area contributed by atoms with Crippen LogP contribution in [0.4, 0.5) is 0 Å². The zero-order valence-corrected chi connectivity index (χ0v) is 12.1. The third-order valence-corrected chi connectivity index (χ3v) is 4.33. The number of benzene rings is 3. The van der Waals surface area contributed by atoms with Crippen LogP contribution in [0.1, 0.15) is 22.3 Å². The highest BCUT2D eigenvalue weighted by atomic mass is 16.1. The van der Waals surface area contributed by atoms with Crippen LogP contribution in [0.2, 0.25) is 0 Å². The van der Waals surface area contributed by atoms with E-state index in [9.17, 15) is 4.79 Å². The molecule has 0 unspecified atom stereocenters. The van der Waals surface area contributed by atoms with Crippen LogP contribution in [0.3, 0.4) is 0 Å². The molecule has 0 aromatic heterocycles. The standard InChI is InChI=1S/C20H10N2O/c21-10-16(11-22)17-9-20(23)19-8-15-6-13-4-2-1-3-12(13)5-14(15)7-18(17)19/h1-8H,9H2. The molecule has 3 heteroatoms. The number of hydrogen-bond acceptors (Lipinski definition) is 3. The van der Waals surface area contributed by atoms with Crippen LogP contribution in [0.5, 0.6) is 0 Å². The predicted molar refractivity (Wildman–Crippen MR) is 88.5 cm³/mol. The molecular weight excluding hydrogens is 284 g/mol. The SMILES string of the molecule is N#CC(C#N)=C1CC(=O)c2cc3cc4ccccc4cc3cc21. The molecule has 0 atom stereocenters. The number of allylic oxidation sites excluding steroid dienone is 2. The average molecular weight is 294 g/mol. The summed E-state index contributed by atoms with van der Waals surface area (Å²) < 4.78 is 0. The molecule has 1 aliphatic rings. The summed E-state index contributed by atoms with van der Waals surface area (Å²) in [6, 6.07) is 19.8. The third kappa shape index (κ3) is 1.92. The molecule has 0 spiro atoms. The Balaban J connectivity index is 2.08. The van der Waals surface area contributed by atoms with Gasteiger partial charge >= 0.3 is 0 Å². The second-order valence-electron chi connectivity index (χ2n) is 5.62. The maximum absolute atomic E-state index is 12.3. The topological polar surface area (TPSA) is 64.7 Å². The van der Waals surface area contributed by atoms with Crippen molar-refractivity contribution in [2.45, 2.75) is 6.42 Å². The Morgan fingerprint density at radius 1 is 0.826 bits per heavy atom. The molecule has 3 nitrogen and oxygen atoms in total. The molecule has 106 valence electrons. The minimum atomic E-state index is -0.0342. The first-order chi connectivity index (χ1) is 11.2. The van der Waals surface area contributed by atoms with Crippen LogP contribution < -0.4 is 0 Å². The van der Waals surface area contributed by atoms with Crippen molar-refractivity contribution >= 4 is 32.9 Å². The van der Waals surface area contributed by atoms with Gasteiger partial charge in [0, 0.05) is 12.0 Å². The Hall–Kier alpha value is -3.43. The number of Topliss-reactive ketones (excluding diaryl/α,β-unsaturated/α-hetero) is 1. The van der Waals surface area contributed by atoms with E-state index in [4.69, 9.17) is 10.5 Å². The van der Waals surface area contributed by atoms with Crippen LogP contribution in [-0.2, 0) is 0 Å². The molecule has 23 heavy (non-hydrogen) atoms. The van der Waals surface area contributed by atoms with Gasteiger partial charge in [0.1, 0.15) is 17.7 Å². The lowest BCUT2D eigenvalue weighted by Gasteiger charge is -2.06. The third-order valence-electron chi connectivity index (χ3n) is 4.33. The number of hydrogen-bond donors (Lipinski definition) is 0. The van der Waals surface area contributed by atoms with Crippen molar-refractivity contribution in [1.29, 1.82) is 10.5 Å². The van der Waals surface area contributed by atoms with Gasteiger partial charge in [0.25, 0.3) is 0 Å². The molecule has 0 N–H and O–H groups in total. The average Bonchev–Trinajstić information content (AvgIpc) is 2.88. The fourth-order valence-electron chi connectivity index (χ4n) is 3.21. The van der Waals surface area contributed by atoms with E-state index < -0.39 is 0 Å². The normalized spacial score (nSPS) is 13.0. The molecule has 0 amide bonds. The Bertz CT molecular complexity index is 1110. The van der Waals surface area contributed by atoms with E-state index in [0.717, 1.165) is 27.1 Å². The number of carbonyl (C=O) groups is 1. The quantitative estimate of drug-likeness (QED) is 0.456. The highest BCUT2D eigenvalue weighted by molar-refractivity contribution is 6.16. The molecule has 0 saturated heterocycles. The largest absolute Gasteiger partial charge is 0.294 e. The van der Waals surface area contributed by atoms with E-state index in [1.165, 1.54) is 0 Å². The van der Waals surface area contributed by atoms with Gasteiger partial charge in [0.15, 0.2) is 5.78 Å². The molecule has 0 radical (unpaired) electrons. The van der Waals surface area contributed by atoms with Gasteiger partial charge in [-0.15, -0.1) is 0 Å². The fourth-order valence-corrected chi connectivity index (χ4v) is 3.21. The minimum Gasteiger partial charge on any atom is -0.294 e. The maximum Gasteiger partial charge on any atom is 0.167 e. The summed E-state index contributed by atoms with van der Waals surface area (Å²) in [5.74, 6) is -0.0342. The number of fused-ring (bicyclic) bond motifs is 3. The predicted octanol–water partition coefficient (Wildman–Crippen LogP) is 4.38. The number of nitriles is 2. The van der Waals surface area contributed by atoms with Crippen molar-refractivity contribution in [2.24, 2.45) is 0 Å². The molecule has 3 aromatic rings. The Kier molecular flexibility index (Phi) is 2.76. The van der Waals surface area contributed by atoms with Crippen molar-refractivity contribution in [3.8, 4) is 12.1 Å². The summed E-state index contributed by atoms with van der Waals surface area (Å²) >= 11 is 0. The zero-order valence-electron chi connectivity index (χ0n) is 12.1. The molecule has 0 aliphatic heterocycles. The fraction of sp³-hybridized carbons (Fsp3) is 0.0500. The van der Waals surface area contributed by atoms with E-state index >= 15 is 0 Å². The Labute approximate surface area is 132 Å². The second kappa shape index (κ2) is 4.80. The lowest BCUT2D eigenvalue weighted by molar-refractivity contribution is 0.100. The molecule has 0 saturated carbocycles. The number of nitrogens with zero attached hydrogens (tertiary/aromatic N) is 2. The molecule has 0 heterocycles. The first kappa shape index (κ1) is 13.2. The molecule has 0 fully saturated rings. The molecule has 1 aliphatic carbocycles. The highest BCUT2D eigenvalue weighted by Gasteiger charge is 2.27. The van der Waals surface area contributed by atoms with Gasteiger partial charge in [-0.3, -0.25) is 4.79 Å². The Morgan fingerprint density at radius 3 is 1.96 bits per heavy atom. The van der Waals surface area contributed by atoms with Gasteiger partial charge in [-0.25, -0.2) is 0 Å². The van der Waals surface area contributed by atoms with E-state index in [2.05, 4.69) is 12.1 Å². The van der Waals surface area contributed by atoms with E-state index in [1.54, 1.807) is 0 Å². The van der Waals surface area contributed by atoms with Crippen LogP contribution in [-0.4, -0.2) is 5.78 Å². The first-order valence-electron chi connectivity index (χ1n) is 7.25. The molecule has 0 bridgehead atoms. The van der Waals surface area contributed by atoms with E-state index in [1.807, 2.05) is 48.5 Å². The number of carbonyl (C=O) groups excluding carboxylic acids is 1. The summed E-state index contributed by atoms with van der Waals surface area (Å²) in [4.78, 5) is 12.3. The monoisotopic (exact) mass is 294 g/mol. The first-order valence-corrected chi connectivity index (χ1v) is 7.25. The van der Waals surface area contributed by atoms with Gasteiger partial charge in [0.05, 0.1) is 0 Å². The number of ketones is 1. The highest BCUT2D eigenvalue weighted by Crippen LogP contribution is 2.37. The summed E-state index contributed by atoms with van der Waals surface area (Å²) in [7, 11) is 0. The summed E-state index contributed by atoms with van der Waals surface area (Å²) in [6.07, 6.45) is 0.127. The van der Waals surface area contributed by atoms with Gasteiger partial charge in [-0.05, 0) is 56.9 Å². The van der Waals surface area contributed by atoms with Crippen molar-refractivity contribution < 1.29 is 4.79 Å². The molecule has 4 rings (SSSR count). The minimum absolute atomic E-state index is 0.0252. The van der Waals surface area contributed by atoms with Gasteiger partial charge < -0.3 is 0 Å². The van der Waals surface area contributed by atoms with Crippen molar-refractivity contribution in [3.63, 3.8) is 0 Å². The zero-order chi connectivity index (χ0) is 16.0. The van der Waals surface area contributed by atoms with E-state index in [0.29, 0.717) is 11.1 Å². The molecule has 3 aromatic carbocycles. The van der Waals surface area contributed by atoms with Gasteiger partial charge in [-0.1, -0.05) is 24.3 Å². The smallest absolute Gasteiger partial charge is 0.167 e. The van der Waals surface area contributed by atoms with Crippen molar-refractivity contribution in [1.82, 2.24) is 0 Å². The van der Waals surface area contributed by atoms with Crippen molar-refractivity contribution in [3.05, 3.63) is 65.2 Å². The lowest BCUT2D eigenvalue weighted by atomic mass is 9.96. The van der Waals surface area contributed by atoms with Crippen LogP contribution >= 0.6 is 0 Å². The molecular formula is C20H10N2O. The van der Waals surface area contributed by atoms with Crippen molar-refractivity contribution in [2.75, 3.05) is 0 Å². The summed E-state index contributed by atoms with van der Waals surface area (Å²) in [5, 5.41) is 22.5. The summed E-state index contributed by atoms with van der Waals surface area (Å²) in [6.45, 7) is 0. The van der Waals surface area contributed by atoms with Gasteiger partial charge in [-0.2, -0.15) is 10.5 Å². The number of rotatable bonds is 0. The second-order valence-corrected chi connectivity index (χ2v) is 5.62. The summed E-state index contributed by atoms with van der Waals surface area (Å²) in [5.41, 5.74) is 1.89. The van der Waals surface area contributed by atoms with Crippen LogP contribution in [0.25, 0.3) is 27.1 Å². The van der Waals surface area contributed by atoms with Crippen LogP contribution in [0.15, 0.2) is 54.1 Å². The van der Waals surface area contributed by atoms with E-state index in [-0.39, 0.29) is 17.8 Å². The lowest BCUT2D eigenvalue weighted by Crippen LogP contribution is -1.91. The van der Waals surface area contributed by atoms with Crippen LogP contribution in [0, 0.1) is 22.7 Å².